The van der Waals surface area contributed by atoms with Crippen molar-refractivity contribution in [1.82, 2.24) is 14.6 Å². The molecule has 2 rings (SSSR count). The van der Waals surface area contributed by atoms with Crippen LogP contribution in [0, 0.1) is 6.92 Å². The molecule has 0 aliphatic carbocycles. The average Bonchev–Trinajstić information content (AvgIpc) is 2.49. The van der Waals surface area contributed by atoms with Crippen LogP contribution in [0.25, 0.3) is 5.65 Å². The highest BCUT2D eigenvalue weighted by Gasteiger charge is 2.03. The maximum atomic E-state index is 10.3. The highest BCUT2D eigenvalue weighted by atomic mass is 16.1. The van der Waals surface area contributed by atoms with Gasteiger partial charge in [-0.1, -0.05) is 0 Å². The third-order valence-corrected chi connectivity index (χ3v) is 1.86. The van der Waals surface area contributed by atoms with Gasteiger partial charge in [0.2, 0.25) is 0 Å². The molecule has 0 bridgehead atoms. The van der Waals surface area contributed by atoms with Crippen LogP contribution in [0.5, 0.6) is 0 Å². The lowest BCUT2D eigenvalue weighted by atomic mass is 10.2. The van der Waals surface area contributed by atoms with E-state index in [9.17, 15) is 4.79 Å². The maximum Gasteiger partial charge on any atom is 0.158 e. The molecule has 66 valence electrons. The Morgan fingerprint density at radius 3 is 3.15 bits per heavy atom. The van der Waals surface area contributed by atoms with Crippen LogP contribution >= 0.6 is 0 Å². The molecule has 13 heavy (non-hydrogen) atoms. The summed E-state index contributed by atoms with van der Waals surface area (Å²) in [6.07, 6.45) is 6.57. The van der Waals surface area contributed by atoms with E-state index in [0.29, 0.717) is 6.42 Å². The van der Waals surface area contributed by atoms with Gasteiger partial charge in [-0.3, -0.25) is 0 Å². The summed E-state index contributed by atoms with van der Waals surface area (Å²) in [6.45, 7) is 1.95. The molecule has 2 aromatic rings. The maximum absolute atomic E-state index is 10.3. The molecule has 0 amide bonds. The van der Waals surface area contributed by atoms with Crippen LogP contribution in [0.15, 0.2) is 18.6 Å². The first-order chi connectivity index (χ1) is 6.31. The second kappa shape index (κ2) is 2.97. The summed E-state index contributed by atoms with van der Waals surface area (Å²) in [7, 11) is 0. The van der Waals surface area contributed by atoms with E-state index >= 15 is 0 Å². The van der Waals surface area contributed by atoms with Gasteiger partial charge < -0.3 is 4.79 Å². The van der Waals surface area contributed by atoms with Crippen LogP contribution in [0.1, 0.15) is 11.1 Å². The molecule has 2 aromatic heterocycles. The minimum absolute atomic E-state index is 0.375. The molecule has 4 heteroatoms. The van der Waals surface area contributed by atoms with Crippen LogP contribution < -0.4 is 0 Å². The predicted octanol–water partition coefficient (Wildman–Crippen LogP) is 0.779. The highest BCUT2D eigenvalue weighted by molar-refractivity contribution is 5.61. The van der Waals surface area contributed by atoms with E-state index < -0.39 is 0 Å². The van der Waals surface area contributed by atoms with Crippen molar-refractivity contribution in [2.24, 2.45) is 0 Å². The zero-order valence-corrected chi connectivity index (χ0v) is 7.27. The highest BCUT2D eigenvalue weighted by Crippen LogP contribution is 2.07. The van der Waals surface area contributed by atoms with Gasteiger partial charge in [0.15, 0.2) is 5.65 Å². The monoisotopic (exact) mass is 175 g/mol. The van der Waals surface area contributed by atoms with Crippen LogP contribution in [0.3, 0.4) is 0 Å². The van der Waals surface area contributed by atoms with Gasteiger partial charge in [0, 0.05) is 24.4 Å². The first-order valence-corrected chi connectivity index (χ1v) is 4.04. The Balaban J connectivity index is 2.61. The largest absolute Gasteiger partial charge is 0.303 e. The van der Waals surface area contributed by atoms with Crippen LogP contribution in [-0.2, 0) is 11.2 Å². The van der Waals surface area contributed by atoms with Gasteiger partial charge in [0.05, 0.1) is 6.20 Å². The summed E-state index contributed by atoms with van der Waals surface area (Å²) in [5.74, 6) is 0. The number of nitrogens with zero attached hydrogens (tertiary/aromatic N) is 3. The van der Waals surface area contributed by atoms with Crippen molar-refractivity contribution in [2.75, 3.05) is 0 Å². The fourth-order valence-electron chi connectivity index (χ4n) is 1.25. The molecule has 0 aliphatic heterocycles. The van der Waals surface area contributed by atoms with Crippen molar-refractivity contribution >= 4 is 11.9 Å². The number of hydrogen-bond acceptors (Lipinski definition) is 3. The van der Waals surface area contributed by atoms with E-state index in [-0.39, 0.29) is 0 Å². The standard InChI is InChI=1S/C9H9N3O/c1-7-4-10-9-8(2-3-13)5-11-12(9)6-7/h3-6H,2H2,1H3. The summed E-state index contributed by atoms with van der Waals surface area (Å²) in [5.41, 5.74) is 2.68. The Hall–Kier alpha value is -1.71. The van der Waals surface area contributed by atoms with E-state index in [1.54, 1.807) is 16.9 Å². The summed E-state index contributed by atoms with van der Waals surface area (Å²) in [5, 5.41) is 4.09. The first kappa shape index (κ1) is 7.91. The SMILES string of the molecule is Cc1cnc2c(CC=O)cnn2c1. The Labute approximate surface area is 75.2 Å². The van der Waals surface area contributed by atoms with Crippen molar-refractivity contribution in [3.8, 4) is 0 Å². The van der Waals surface area contributed by atoms with Gasteiger partial charge in [0.25, 0.3) is 0 Å². The van der Waals surface area contributed by atoms with Crippen LogP contribution in [-0.4, -0.2) is 20.9 Å². The molecule has 0 aliphatic rings. The van der Waals surface area contributed by atoms with Crippen molar-refractivity contribution in [1.29, 1.82) is 0 Å². The molecule has 4 nitrogen and oxygen atoms in total. The zero-order valence-electron chi connectivity index (χ0n) is 7.27. The van der Waals surface area contributed by atoms with Gasteiger partial charge in [-0.25, -0.2) is 9.50 Å². The van der Waals surface area contributed by atoms with Gasteiger partial charge in [0.1, 0.15) is 6.29 Å². The molecular weight excluding hydrogens is 166 g/mol. The van der Waals surface area contributed by atoms with Crippen LogP contribution in [0.4, 0.5) is 0 Å². The molecule has 0 atom stereocenters. The number of carbonyl (C=O) groups excluding carboxylic acids is 1. The Bertz CT molecular complexity index is 447. The molecule has 2 heterocycles. The molecular formula is C9H9N3O. The third kappa shape index (κ3) is 1.30. The fourth-order valence-corrected chi connectivity index (χ4v) is 1.25. The second-order valence-corrected chi connectivity index (χ2v) is 2.94. The molecule has 0 spiro atoms. The number of aryl methyl sites for hydroxylation is 1. The number of rotatable bonds is 2. The van der Waals surface area contributed by atoms with E-state index in [1.165, 1.54) is 0 Å². The summed E-state index contributed by atoms with van der Waals surface area (Å²) >= 11 is 0. The fraction of sp³-hybridized carbons (Fsp3) is 0.222. The molecule has 0 fully saturated rings. The van der Waals surface area contributed by atoms with Crippen LogP contribution in [0.2, 0.25) is 0 Å². The lowest BCUT2D eigenvalue weighted by Gasteiger charge is -1.94. The summed E-state index contributed by atoms with van der Waals surface area (Å²) < 4.78 is 1.69. The number of fused-ring (bicyclic) bond motifs is 1. The van der Waals surface area contributed by atoms with E-state index in [2.05, 4.69) is 10.1 Å². The lowest BCUT2D eigenvalue weighted by molar-refractivity contribution is -0.107. The average molecular weight is 175 g/mol. The lowest BCUT2D eigenvalue weighted by Crippen LogP contribution is -1.92. The molecule has 0 aromatic carbocycles. The molecule has 0 radical (unpaired) electrons. The minimum atomic E-state index is 0.375. The normalized spacial score (nSPS) is 10.5. The topological polar surface area (TPSA) is 47.3 Å². The third-order valence-electron chi connectivity index (χ3n) is 1.86. The first-order valence-electron chi connectivity index (χ1n) is 4.04. The second-order valence-electron chi connectivity index (χ2n) is 2.94. The number of hydrogen-bond donors (Lipinski definition) is 0. The molecule has 0 unspecified atom stereocenters. The van der Waals surface area contributed by atoms with Crippen molar-refractivity contribution in [3.63, 3.8) is 0 Å². The minimum Gasteiger partial charge on any atom is -0.303 e. The Morgan fingerprint density at radius 2 is 2.38 bits per heavy atom. The number of aromatic nitrogens is 3. The van der Waals surface area contributed by atoms with Gasteiger partial charge in [-0.2, -0.15) is 5.10 Å². The van der Waals surface area contributed by atoms with E-state index in [4.69, 9.17) is 0 Å². The molecule has 0 saturated heterocycles. The summed E-state index contributed by atoms with van der Waals surface area (Å²) in [4.78, 5) is 14.5. The molecule has 0 saturated carbocycles. The summed E-state index contributed by atoms with van der Waals surface area (Å²) in [6, 6.07) is 0. The van der Waals surface area contributed by atoms with Crippen molar-refractivity contribution < 1.29 is 4.79 Å². The van der Waals surface area contributed by atoms with Crippen molar-refractivity contribution in [3.05, 3.63) is 29.7 Å². The van der Waals surface area contributed by atoms with Crippen molar-refractivity contribution in [2.45, 2.75) is 13.3 Å². The Morgan fingerprint density at radius 1 is 1.54 bits per heavy atom. The number of carbonyl (C=O) groups is 1. The smallest absolute Gasteiger partial charge is 0.158 e. The zero-order chi connectivity index (χ0) is 9.26. The van der Waals surface area contributed by atoms with E-state index in [1.807, 2.05) is 13.1 Å². The van der Waals surface area contributed by atoms with Gasteiger partial charge in [-0.05, 0) is 12.5 Å². The number of aldehydes is 1. The van der Waals surface area contributed by atoms with Gasteiger partial charge in [-0.15, -0.1) is 0 Å². The molecule has 0 N–H and O–H groups in total. The van der Waals surface area contributed by atoms with E-state index in [0.717, 1.165) is 23.1 Å². The predicted molar refractivity (Wildman–Crippen MR) is 47.5 cm³/mol. The Kier molecular flexibility index (Phi) is 1.81. The quantitative estimate of drug-likeness (QED) is 0.633. The van der Waals surface area contributed by atoms with Gasteiger partial charge >= 0.3 is 0 Å².